The summed E-state index contributed by atoms with van der Waals surface area (Å²) in [6, 6.07) is 24.1. The summed E-state index contributed by atoms with van der Waals surface area (Å²) in [5.41, 5.74) is 7.53. The largest absolute Gasteiger partial charge is 0.392 e. The first-order valence-corrected chi connectivity index (χ1v) is 15.7. The van der Waals surface area contributed by atoms with E-state index >= 15 is 0 Å². The second kappa shape index (κ2) is 16.6. The number of ether oxygens (including phenoxy) is 3. The van der Waals surface area contributed by atoms with Crippen LogP contribution in [0.15, 0.2) is 72.8 Å². The van der Waals surface area contributed by atoms with Crippen molar-refractivity contribution >= 4 is 11.8 Å². The lowest BCUT2D eigenvalue weighted by molar-refractivity contribution is -0.253. The van der Waals surface area contributed by atoms with Crippen LogP contribution in [0.2, 0.25) is 0 Å². The van der Waals surface area contributed by atoms with E-state index in [9.17, 15) is 14.7 Å². The van der Waals surface area contributed by atoms with Gasteiger partial charge >= 0.3 is 0 Å². The molecule has 3 atom stereocenters. The van der Waals surface area contributed by atoms with Crippen LogP contribution >= 0.6 is 0 Å². The first kappa shape index (κ1) is 32.7. The quantitative estimate of drug-likeness (QED) is 0.126. The zero-order chi connectivity index (χ0) is 31.4. The van der Waals surface area contributed by atoms with Crippen LogP contribution in [0.5, 0.6) is 0 Å². The second-order valence-corrected chi connectivity index (χ2v) is 11.6. The van der Waals surface area contributed by atoms with Crippen molar-refractivity contribution in [3.8, 4) is 11.1 Å². The molecule has 3 aromatic carbocycles. The number of hydroxylamine groups is 1. The summed E-state index contributed by atoms with van der Waals surface area (Å²) in [5, 5.41) is 21.1. The third-order valence-corrected chi connectivity index (χ3v) is 8.35. The maximum absolute atomic E-state index is 12.4. The van der Waals surface area contributed by atoms with Crippen LogP contribution in [0.25, 0.3) is 11.1 Å². The van der Waals surface area contributed by atoms with Gasteiger partial charge in [0.05, 0.1) is 32.0 Å². The Kier molecular flexibility index (Phi) is 12.1. The minimum Gasteiger partial charge on any atom is -0.392 e. The summed E-state index contributed by atoms with van der Waals surface area (Å²) in [4.78, 5) is 25.9. The highest BCUT2D eigenvalue weighted by Crippen LogP contribution is 2.39. The topological polar surface area (TPSA) is 130 Å². The zero-order valence-electron chi connectivity index (χ0n) is 25.5. The second-order valence-electron chi connectivity index (χ2n) is 11.6. The van der Waals surface area contributed by atoms with Crippen molar-refractivity contribution in [2.75, 3.05) is 32.8 Å². The Hall–Kier alpha value is -3.64. The van der Waals surface area contributed by atoms with Crippen molar-refractivity contribution in [1.82, 2.24) is 15.7 Å². The predicted molar refractivity (Wildman–Crippen MR) is 168 cm³/mol. The number of nitrogens with zero attached hydrogens (tertiary/aromatic N) is 1. The van der Waals surface area contributed by atoms with Gasteiger partial charge in [0.2, 0.25) is 11.8 Å². The molecular formula is C35H43N3O7. The summed E-state index contributed by atoms with van der Waals surface area (Å²) >= 11 is 0. The van der Waals surface area contributed by atoms with E-state index in [2.05, 4.69) is 22.3 Å². The first-order valence-electron chi connectivity index (χ1n) is 15.7. The van der Waals surface area contributed by atoms with Gasteiger partial charge in [-0.25, -0.2) is 5.48 Å². The molecule has 0 aromatic heterocycles. The number of aliphatic hydroxyl groups excluding tert-OH is 1. The van der Waals surface area contributed by atoms with Crippen LogP contribution in [0.4, 0.5) is 0 Å². The van der Waals surface area contributed by atoms with E-state index in [0.29, 0.717) is 25.8 Å². The van der Waals surface area contributed by atoms with Crippen LogP contribution < -0.4 is 10.8 Å². The van der Waals surface area contributed by atoms with Gasteiger partial charge in [-0.1, -0.05) is 72.8 Å². The Labute approximate surface area is 264 Å². The summed E-state index contributed by atoms with van der Waals surface area (Å²) in [6.45, 7) is 4.45. The van der Waals surface area contributed by atoms with E-state index in [0.717, 1.165) is 72.6 Å². The molecule has 0 aliphatic carbocycles. The van der Waals surface area contributed by atoms with E-state index in [1.807, 2.05) is 60.7 Å². The molecule has 4 N–H and O–H groups in total. The molecule has 2 saturated heterocycles. The molecule has 10 heteroatoms. The van der Waals surface area contributed by atoms with Crippen LogP contribution in [0.3, 0.4) is 0 Å². The lowest BCUT2D eigenvalue weighted by Gasteiger charge is -2.39. The number of nitrogens with one attached hydrogen (secondary N) is 2. The van der Waals surface area contributed by atoms with Crippen LogP contribution in [-0.4, -0.2) is 66.0 Å². The summed E-state index contributed by atoms with van der Waals surface area (Å²) < 4.78 is 18.6. The fraction of sp³-hybridized carbons (Fsp3) is 0.429. The van der Waals surface area contributed by atoms with E-state index in [1.54, 1.807) is 5.48 Å². The molecule has 45 heavy (non-hydrogen) atoms. The van der Waals surface area contributed by atoms with Crippen molar-refractivity contribution < 1.29 is 34.1 Å². The average Bonchev–Trinajstić information content (AvgIpc) is 3.09. The maximum Gasteiger partial charge on any atom is 0.243 e. The molecule has 0 saturated carbocycles. The molecule has 5 rings (SSSR count). The molecule has 2 aliphatic heterocycles. The molecule has 2 aliphatic rings. The Balaban J connectivity index is 1.25. The van der Waals surface area contributed by atoms with E-state index in [1.165, 1.54) is 0 Å². The van der Waals surface area contributed by atoms with Crippen molar-refractivity contribution in [1.29, 1.82) is 0 Å². The van der Waals surface area contributed by atoms with Crippen LogP contribution in [0, 0.1) is 0 Å². The highest BCUT2D eigenvalue weighted by Gasteiger charge is 2.33. The van der Waals surface area contributed by atoms with Crippen molar-refractivity contribution in [3.05, 3.63) is 95.1 Å². The van der Waals surface area contributed by atoms with Gasteiger partial charge in [0.25, 0.3) is 0 Å². The molecule has 2 amide bonds. The Morgan fingerprint density at radius 3 is 2.24 bits per heavy atom. The normalized spacial score (nSPS) is 20.4. The van der Waals surface area contributed by atoms with Gasteiger partial charge in [-0.3, -0.25) is 19.7 Å². The smallest absolute Gasteiger partial charge is 0.243 e. The molecule has 3 aromatic rings. The number of benzene rings is 3. The van der Waals surface area contributed by atoms with Crippen molar-refractivity contribution in [3.63, 3.8) is 0 Å². The SMILES string of the molecule is O=C(CCCCC(=O)NCc1ccccc1-c1ccc([C@@H]2O[C@H](CN3CCOCC3)C[C@H](c3ccc(CO)cc3)O2)cc1)NO. The summed E-state index contributed by atoms with van der Waals surface area (Å²) in [5.74, 6) is -0.526. The fourth-order valence-electron chi connectivity index (χ4n) is 5.79. The molecule has 0 unspecified atom stereocenters. The zero-order valence-corrected chi connectivity index (χ0v) is 25.5. The molecule has 240 valence electrons. The number of rotatable bonds is 13. The molecule has 0 radical (unpaired) electrons. The van der Waals surface area contributed by atoms with Gasteiger partial charge in [0, 0.05) is 51.0 Å². The molecule has 0 bridgehead atoms. The van der Waals surface area contributed by atoms with Gasteiger partial charge in [0.1, 0.15) is 0 Å². The minimum absolute atomic E-state index is 0.00638. The lowest BCUT2D eigenvalue weighted by atomic mass is 9.97. The number of carbonyl (C=O) groups is 2. The third-order valence-electron chi connectivity index (χ3n) is 8.35. The molecular weight excluding hydrogens is 574 g/mol. The Bertz CT molecular complexity index is 1380. The van der Waals surface area contributed by atoms with E-state index < -0.39 is 12.2 Å². The number of aliphatic hydroxyl groups is 1. The van der Waals surface area contributed by atoms with E-state index in [4.69, 9.17) is 19.4 Å². The van der Waals surface area contributed by atoms with E-state index in [-0.39, 0.29) is 31.1 Å². The van der Waals surface area contributed by atoms with Gasteiger partial charge in [-0.05, 0) is 40.7 Å². The molecule has 2 fully saturated rings. The van der Waals surface area contributed by atoms with Crippen LogP contribution in [-0.2, 0) is 37.0 Å². The molecule has 2 heterocycles. The predicted octanol–water partition coefficient (Wildman–Crippen LogP) is 4.41. The standard InChI is InChI=1S/C35H43N3O7/c39-24-25-9-11-27(12-10-25)32-21-30(23-38-17-19-43-20-18-38)44-35(45-32)28-15-13-26(14-16-28)31-6-2-1-5-29(31)22-36-33(40)7-3-4-8-34(41)37-42/h1-2,5-6,9-16,30,32,35,39,42H,3-4,7-8,17-24H2,(H,36,40)(H,37,41)/t30-,32+,35+/m0/s1. The van der Waals surface area contributed by atoms with Gasteiger partial charge in [0.15, 0.2) is 6.29 Å². The van der Waals surface area contributed by atoms with Crippen molar-refractivity contribution in [2.24, 2.45) is 0 Å². The number of unbranched alkanes of at least 4 members (excludes halogenated alkanes) is 1. The fourth-order valence-corrected chi connectivity index (χ4v) is 5.79. The average molecular weight is 618 g/mol. The summed E-state index contributed by atoms with van der Waals surface area (Å²) in [6.07, 6.45) is 1.65. The molecule has 0 spiro atoms. The van der Waals surface area contributed by atoms with Gasteiger partial charge < -0.3 is 24.6 Å². The number of amides is 2. The minimum atomic E-state index is -0.528. The lowest BCUT2D eigenvalue weighted by Crippen LogP contribution is -2.44. The third kappa shape index (κ3) is 9.43. The number of carbonyl (C=O) groups excluding carboxylic acids is 2. The highest BCUT2D eigenvalue weighted by atomic mass is 16.7. The van der Waals surface area contributed by atoms with Gasteiger partial charge in [-0.15, -0.1) is 0 Å². The first-order chi connectivity index (χ1) is 22.0. The Morgan fingerprint density at radius 1 is 0.844 bits per heavy atom. The van der Waals surface area contributed by atoms with Crippen LogP contribution in [0.1, 0.15) is 66.8 Å². The number of hydrogen-bond acceptors (Lipinski definition) is 8. The van der Waals surface area contributed by atoms with Crippen molar-refractivity contribution in [2.45, 2.75) is 63.8 Å². The summed E-state index contributed by atoms with van der Waals surface area (Å²) in [7, 11) is 0. The number of morpholine rings is 1. The number of hydrogen-bond donors (Lipinski definition) is 4. The van der Waals surface area contributed by atoms with Gasteiger partial charge in [-0.2, -0.15) is 0 Å². The Morgan fingerprint density at radius 2 is 1.53 bits per heavy atom. The molecule has 10 nitrogen and oxygen atoms in total. The monoisotopic (exact) mass is 617 g/mol. The highest BCUT2D eigenvalue weighted by molar-refractivity contribution is 5.77. The maximum atomic E-state index is 12.4.